The number of carbonyl (C=O) groups excluding carboxylic acids is 1. The Morgan fingerprint density at radius 1 is 1.24 bits per heavy atom. The Balaban J connectivity index is 1.98. The summed E-state index contributed by atoms with van der Waals surface area (Å²) < 4.78 is 42.3. The highest BCUT2D eigenvalue weighted by Gasteiger charge is 2.51. The Hall–Kier alpha value is -2.54. The maximum absolute atomic E-state index is 14.4. The zero-order valence-electron chi connectivity index (χ0n) is 16.7. The lowest BCUT2D eigenvalue weighted by molar-refractivity contribution is -0.0374. The number of rotatable bonds is 4. The largest absolute Gasteiger partial charge is 0.321 e. The van der Waals surface area contributed by atoms with E-state index in [0.29, 0.717) is 18.5 Å². The van der Waals surface area contributed by atoms with E-state index in [4.69, 9.17) is 0 Å². The molecule has 1 aromatic carbocycles. The summed E-state index contributed by atoms with van der Waals surface area (Å²) in [6.45, 7) is 7.77. The SMILES string of the molecule is C=CC1=C(C=C)[C@H](c2ccc(F)cc2)N(C(=O)N(C)[C@H]2CN(C)CC2(F)F)CC1. The van der Waals surface area contributed by atoms with Crippen LogP contribution >= 0.6 is 0 Å². The van der Waals surface area contributed by atoms with Crippen molar-refractivity contribution in [1.82, 2.24) is 14.7 Å². The molecule has 0 N–H and O–H groups in total. The number of amides is 2. The van der Waals surface area contributed by atoms with E-state index in [1.165, 1.54) is 24.1 Å². The van der Waals surface area contributed by atoms with E-state index in [-0.39, 0.29) is 18.9 Å². The average Bonchev–Trinajstić information content (AvgIpc) is 2.98. The third-order valence-electron chi connectivity index (χ3n) is 5.72. The smallest absolute Gasteiger partial charge is 0.317 e. The van der Waals surface area contributed by atoms with Gasteiger partial charge in [-0.3, -0.25) is 4.90 Å². The predicted octanol–water partition coefficient (Wildman–Crippen LogP) is 4.24. The molecule has 156 valence electrons. The summed E-state index contributed by atoms with van der Waals surface area (Å²) in [7, 11) is 3.03. The van der Waals surface area contributed by atoms with Crippen molar-refractivity contribution in [1.29, 1.82) is 0 Å². The van der Waals surface area contributed by atoms with Crippen LogP contribution in [0.2, 0.25) is 0 Å². The van der Waals surface area contributed by atoms with E-state index in [0.717, 1.165) is 16.0 Å². The Bertz CT molecular complexity index is 834. The van der Waals surface area contributed by atoms with Gasteiger partial charge in [-0.1, -0.05) is 37.4 Å². The number of likely N-dealkylation sites (tertiary alicyclic amines) is 1. The van der Waals surface area contributed by atoms with Gasteiger partial charge < -0.3 is 9.80 Å². The molecule has 29 heavy (non-hydrogen) atoms. The first kappa shape index (κ1) is 21.2. The number of halogens is 3. The van der Waals surface area contributed by atoms with Gasteiger partial charge in [0.15, 0.2) is 0 Å². The first-order valence-electron chi connectivity index (χ1n) is 9.52. The van der Waals surface area contributed by atoms with Gasteiger partial charge in [-0.05, 0) is 42.3 Å². The molecule has 0 unspecified atom stereocenters. The van der Waals surface area contributed by atoms with Gasteiger partial charge in [-0.25, -0.2) is 18.0 Å². The molecule has 1 saturated heterocycles. The predicted molar refractivity (Wildman–Crippen MR) is 107 cm³/mol. The zero-order valence-corrected chi connectivity index (χ0v) is 16.7. The number of hydrogen-bond acceptors (Lipinski definition) is 2. The molecule has 2 aliphatic heterocycles. The first-order valence-corrected chi connectivity index (χ1v) is 9.52. The summed E-state index contributed by atoms with van der Waals surface area (Å²) in [5.41, 5.74) is 2.40. The topological polar surface area (TPSA) is 26.8 Å². The van der Waals surface area contributed by atoms with Crippen LogP contribution < -0.4 is 0 Å². The summed E-state index contributed by atoms with van der Waals surface area (Å²) in [4.78, 5) is 17.6. The van der Waals surface area contributed by atoms with Gasteiger partial charge in [-0.2, -0.15) is 0 Å². The molecular weight excluding hydrogens is 379 g/mol. The maximum atomic E-state index is 14.4. The first-order chi connectivity index (χ1) is 13.7. The highest BCUT2D eigenvalue weighted by atomic mass is 19.3. The van der Waals surface area contributed by atoms with Gasteiger partial charge in [0.2, 0.25) is 0 Å². The van der Waals surface area contributed by atoms with Crippen molar-refractivity contribution >= 4 is 6.03 Å². The lowest BCUT2D eigenvalue weighted by atomic mass is 9.88. The van der Waals surface area contributed by atoms with Crippen LogP contribution in [-0.2, 0) is 0 Å². The Morgan fingerprint density at radius 3 is 2.41 bits per heavy atom. The molecule has 0 spiro atoms. The Morgan fingerprint density at radius 2 is 1.90 bits per heavy atom. The number of benzene rings is 1. The fourth-order valence-electron chi connectivity index (χ4n) is 4.23. The van der Waals surface area contributed by atoms with E-state index < -0.39 is 24.0 Å². The van der Waals surface area contributed by atoms with Crippen LogP contribution in [0.15, 0.2) is 60.7 Å². The van der Waals surface area contributed by atoms with Gasteiger partial charge in [0.25, 0.3) is 5.92 Å². The molecule has 7 heteroatoms. The standard InChI is InChI=1S/C22H26F3N3O/c1-5-15-11-12-28(20(18(15)6-2)16-7-9-17(23)10-8-16)21(29)27(4)19-13-26(3)14-22(19,24)25/h5-10,19-20H,1-2,11-14H2,3-4H3/t19-,20-/m0/s1. The fourth-order valence-corrected chi connectivity index (χ4v) is 4.23. The van der Waals surface area contributed by atoms with Crippen molar-refractivity contribution in [2.45, 2.75) is 24.4 Å². The molecule has 0 saturated carbocycles. The van der Waals surface area contributed by atoms with Gasteiger partial charge in [0, 0.05) is 20.1 Å². The third kappa shape index (κ3) is 3.96. The zero-order chi connectivity index (χ0) is 21.3. The lowest BCUT2D eigenvalue weighted by Gasteiger charge is -2.41. The second-order valence-electron chi connectivity index (χ2n) is 7.65. The van der Waals surface area contributed by atoms with E-state index in [1.807, 2.05) is 0 Å². The van der Waals surface area contributed by atoms with Crippen molar-refractivity contribution < 1.29 is 18.0 Å². The summed E-state index contributed by atoms with van der Waals surface area (Å²) in [5, 5.41) is 0. The molecule has 2 amide bonds. The van der Waals surface area contributed by atoms with Crippen LogP contribution in [0.5, 0.6) is 0 Å². The summed E-state index contributed by atoms with van der Waals surface area (Å²) in [5.74, 6) is -3.37. The van der Waals surface area contributed by atoms with Crippen LogP contribution in [0, 0.1) is 5.82 Å². The fraction of sp³-hybridized carbons (Fsp3) is 0.409. The van der Waals surface area contributed by atoms with Crippen molar-refractivity contribution in [2.75, 3.05) is 33.7 Å². The van der Waals surface area contributed by atoms with Gasteiger partial charge in [0.05, 0.1) is 12.6 Å². The molecule has 2 heterocycles. The minimum atomic E-state index is -2.98. The average molecular weight is 405 g/mol. The van der Waals surface area contributed by atoms with E-state index in [1.54, 1.807) is 36.2 Å². The van der Waals surface area contributed by atoms with Crippen LogP contribution in [0.1, 0.15) is 18.0 Å². The van der Waals surface area contributed by atoms with Crippen LogP contribution in [-0.4, -0.2) is 66.4 Å². The number of nitrogens with zero attached hydrogens (tertiary/aromatic N) is 3. The molecular formula is C22H26F3N3O. The molecule has 0 bridgehead atoms. The molecule has 4 nitrogen and oxygen atoms in total. The minimum Gasteiger partial charge on any atom is -0.317 e. The molecule has 0 aliphatic carbocycles. The van der Waals surface area contributed by atoms with Gasteiger partial charge in [0.1, 0.15) is 11.9 Å². The van der Waals surface area contributed by atoms with Crippen LogP contribution in [0.4, 0.5) is 18.0 Å². The molecule has 2 aliphatic rings. The number of urea groups is 1. The number of likely N-dealkylation sites (N-methyl/N-ethyl adjacent to an activating group) is 2. The summed E-state index contributed by atoms with van der Waals surface area (Å²) in [6, 6.07) is 3.63. The van der Waals surface area contributed by atoms with Crippen LogP contribution in [0.25, 0.3) is 0 Å². The highest BCUT2D eigenvalue weighted by molar-refractivity contribution is 5.76. The number of carbonyl (C=O) groups is 1. The lowest BCUT2D eigenvalue weighted by Crippen LogP contribution is -2.54. The highest BCUT2D eigenvalue weighted by Crippen LogP contribution is 2.39. The van der Waals surface area contributed by atoms with E-state index >= 15 is 0 Å². The van der Waals surface area contributed by atoms with Gasteiger partial charge >= 0.3 is 6.03 Å². The number of allylic oxidation sites excluding steroid dienone is 1. The van der Waals surface area contributed by atoms with Gasteiger partial charge in [-0.15, -0.1) is 0 Å². The minimum absolute atomic E-state index is 0.104. The second-order valence-corrected chi connectivity index (χ2v) is 7.65. The van der Waals surface area contributed by atoms with Crippen molar-refractivity contribution in [2.24, 2.45) is 0 Å². The van der Waals surface area contributed by atoms with E-state index in [9.17, 15) is 18.0 Å². The normalized spacial score (nSPS) is 24.5. The Kier molecular flexibility index (Phi) is 5.89. The molecule has 1 fully saturated rings. The van der Waals surface area contributed by atoms with Crippen molar-refractivity contribution in [3.8, 4) is 0 Å². The number of alkyl halides is 2. The second kappa shape index (κ2) is 8.06. The van der Waals surface area contributed by atoms with Crippen LogP contribution in [0.3, 0.4) is 0 Å². The monoisotopic (exact) mass is 405 g/mol. The molecule has 2 atom stereocenters. The summed E-state index contributed by atoms with van der Waals surface area (Å²) in [6.07, 6.45) is 3.92. The van der Waals surface area contributed by atoms with Crippen molar-refractivity contribution in [3.63, 3.8) is 0 Å². The van der Waals surface area contributed by atoms with E-state index in [2.05, 4.69) is 13.2 Å². The molecule has 3 rings (SSSR count). The maximum Gasteiger partial charge on any atom is 0.321 e. The quantitative estimate of drug-likeness (QED) is 0.749. The Labute approximate surface area is 169 Å². The number of hydrogen-bond donors (Lipinski definition) is 0. The molecule has 0 aromatic heterocycles. The molecule has 0 radical (unpaired) electrons. The van der Waals surface area contributed by atoms with Crippen molar-refractivity contribution in [3.05, 3.63) is 72.1 Å². The third-order valence-corrected chi connectivity index (χ3v) is 5.72. The summed E-state index contributed by atoms with van der Waals surface area (Å²) >= 11 is 0. The molecule has 1 aromatic rings.